The molecule has 3 atom stereocenters. The molecule has 2 fully saturated rings. The summed E-state index contributed by atoms with van der Waals surface area (Å²) in [6.45, 7) is 3.74. The molecule has 0 N–H and O–H groups in total. The van der Waals surface area contributed by atoms with Crippen molar-refractivity contribution in [3.8, 4) is 0 Å². The zero-order chi connectivity index (χ0) is 14.6. The fourth-order valence-corrected chi connectivity index (χ4v) is 3.64. The van der Waals surface area contributed by atoms with Gasteiger partial charge < -0.3 is 19.7 Å². The van der Waals surface area contributed by atoms with Crippen LogP contribution in [0, 0.1) is 5.92 Å². The molecule has 0 aromatic heterocycles. The van der Waals surface area contributed by atoms with Gasteiger partial charge in [0.15, 0.2) is 0 Å². The van der Waals surface area contributed by atoms with E-state index in [0.29, 0.717) is 18.5 Å². The zero-order valence-corrected chi connectivity index (χ0v) is 14.3. The number of hydrogen-bond donors (Lipinski definition) is 0. The molecule has 0 radical (unpaired) electrons. The summed E-state index contributed by atoms with van der Waals surface area (Å²) in [5, 5.41) is 11.3. The molecule has 0 bridgehead atoms. The Bertz CT molecular complexity index is 584. The van der Waals surface area contributed by atoms with Gasteiger partial charge in [-0.15, -0.1) is 0 Å². The number of likely N-dealkylation sites (tertiary alicyclic amines) is 1. The van der Waals surface area contributed by atoms with Crippen molar-refractivity contribution in [2.24, 2.45) is 5.92 Å². The normalized spacial score (nSPS) is 30.2. The zero-order valence-electron chi connectivity index (χ0n) is 12.3. The number of β-lactam (4-membered cyclic amide) rings is 1. The van der Waals surface area contributed by atoms with Crippen molar-refractivity contribution in [2.45, 2.75) is 32.4 Å². The fourth-order valence-electron chi connectivity index (χ4n) is 3.64. The Labute approximate surface area is 144 Å². The third kappa shape index (κ3) is 2.17. The number of nitrogens with zero attached hydrogens (tertiary/aromatic N) is 2. The summed E-state index contributed by atoms with van der Waals surface area (Å²) < 4.78 is 0. The predicted octanol–water partition coefficient (Wildman–Crippen LogP) is -3.97. The fraction of sp³-hybridized carbons (Fsp3) is 0.500. The van der Waals surface area contributed by atoms with E-state index in [1.54, 1.807) is 24.0 Å². The van der Waals surface area contributed by atoms with E-state index in [-0.39, 0.29) is 59.0 Å². The molecule has 2 amide bonds. The van der Waals surface area contributed by atoms with Crippen molar-refractivity contribution in [2.75, 3.05) is 6.54 Å². The molecule has 0 aromatic rings. The first-order chi connectivity index (χ1) is 9.47. The van der Waals surface area contributed by atoms with Crippen LogP contribution in [0.4, 0.5) is 0 Å². The molecule has 2 saturated heterocycles. The van der Waals surface area contributed by atoms with Crippen LogP contribution in [0.5, 0.6) is 0 Å². The first kappa shape index (κ1) is 16.3. The van der Waals surface area contributed by atoms with E-state index < -0.39 is 12.0 Å². The number of carboxylic acid groups (broad SMARTS) is 1. The Morgan fingerprint density at radius 3 is 2.57 bits per heavy atom. The van der Waals surface area contributed by atoms with Gasteiger partial charge in [-0.25, -0.2) is 0 Å². The van der Waals surface area contributed by atoms with Gasteiger partial charge in [-0.05, 0) is 18.9 Å². The van der Waals surface area contributed by atoms with E-state index in [2.05, 4.69) is 0 Å². The number of amides is 2. The molecule has 3 heterocycles. The first-order valence-corrected chi connectivity index (χ1v) is 6.64. The van der Waals surface area contributed by atoms with E-state index in [0.717, 1.165) is 0 Å². The van der Waals surface area contributed by atoms with Gasteiger partial charge >= 0.3 is 29.6 Å². The second-order valence-corrected chi connectivity index (χ2v) is 5.44. The Balaban J connectivity index is 0.00000161. The number of allylic oxidation sites excluding steroid dienone is 3. The Morgan fingerprint density at radius 2 is 2.05 bits per heavy atom. The first-order valence-electron chi connectivity index (χ1n) is 6.64. The second kappa shape index (κ2) is 5.59. The second-order valence-electron chi connectivity index (χ2n) is 5.44. The summed E-state index contributed by atoms with van der Waals surface area (Å²) in [5.74, 6) is -1.67. The van der Waals surface area contributed by atoms with E-state index in [1.165, 1.54) is 11.8 Å². The van der Waals surface area contributed by atoms with Gasteiger partial charge in [0, 0.05) is 19.4 Å². The van der Waals surface area contributed by atoms with Crippen molar-refractivity contribution in [3.05, 3.63) is 23.4 Å². The minimum Gasteiger partial charge on any atom is -0.543 e. The van der Waals surface area contributed by atoms with Crippen LogP contribution in [0.2, 0.25) is 0 Å². The molecule has 3 aliphatic heterocycles. The van der Waals surface area contributed by atoms with Crippen molar-refractivity contribution < 1.29 is 49.0 Å². The van der Waals surface area contributed by atoms with Gasteiger partial charge in [0.1, 0.15) is 6.04 Å². The van der Waals surface area contributed by atoms with Gasteiger partial charge in [-0.2, -0.15) is 0 Å². The molecular weight excluding hydrogens is 283 g/mol. The molecule has 0 spiro atoms. The van der Waals surface area contributed by atoms with Crippen LogP contribution in [0.15, 0.2) is 23.4 Å². The van der Waals surface area contributed by atoms with Crippen LogP contribution < -0.4 is 34.7 Å². The van der Waals surface area contributed by atoms with Crippen LogP contribution in [0.1, 0.15) is 20.3 Å². The van der Waals surface area contributed by atoms with Crippen molar-refractivity contribution in [3.63, 3.8) is 0 Å². The summed E-state index contributed by atoms with van der Waals surface area (Å²) in [6.07, 6.45) is 4.01. The van der Waals surface area contributed by atoms with Gasteiger partial charge in [-0.3, -0.25) is 9.59 Å². The Morgan fingerprint density at radius 1 is 1.38 bits per heavy atom. The minimum atomic E-state index is -1.33. The van der Waals surface area contributed by atoms with Gasteiger partial charge in [0.25, 0.3) is 5.91 Å². The summed E-state index contributed by atoms with van der Waals surface area (Å²) >= 11 is 0. The van der Waals surface area contributed by atoms with E-state index in [9.17, 15) is 19.5 Å². The Hall–Kier alpha value is -1.11. The number of rotatable bonds is 2. The SMILES string of the molecule is C/C=C/C1=C(C(=O)[O-])N2C(=O)C3[C@H]2C(C1)CN3C(C)=O.[Na+]. The largest absolute Gasteiger partial charge is 1.00 e. The number of carbonyl (C=O) groups is 3. The van der Waals surface area contributed by atoms with Crippen LogP contribution in [-0.4, -0.2) is 46.2 Å². The van der Waals surface area contributed by atoms with Gasteiger partial charge in [0.2, 0.25) is 5.91 Å². The summed E-state index contributed by atoms with van der Waals surface area (Å²) in [4.78, 5) is 38.0. The Kier molecular flexibility index (Phi) is 4.33. The quantitative estimate of drug-likeness (QED) is 0.385. The van der Waals surface area contributed by atoms with Crippen molar-refractivity contribution in [1.82, 2.24) is 9.80 Å². The molecule has 0 saturated carbocycles. The molecule has 21 heavy (non-hydrogen) atoms. The molecule has 7 heteroatoms. The van der Waals surface area contributed by atoms with Gasteiger partial charge in [-0.1, -0.05) is 12.2 Å². The number of carbonyl (C=O) groups excluding carboxylic acids is 3. The maximum atomic E-state index is 12.2. The van der Waals surface area contributed by atoms with E-state index in [4.69, 9.17) is 0 Å². The van der Waals surface area contributed by atoms with Gasteiger partial charge in [0.05, 0.1) is 17.7 Å². The monoisotopic (exact) mass is 298 g/mol. The number of carboxylic acids is 1. The average Bonchev–Trinajstić information content (AvgIpc) is 2.73. The van der Waals surface area contributed by atoms with Crippen LogP contribution in [-0.2, 0) is 14.4 Å². The number of hydrogen-bond acceptors (Lipinski definition) is 4. The molecule has 3 aliphatic rings. The van der Waals surface area contributed by atoms with Crippen molar-refractivity contribution in [1.29, 1.82) is 0 Å². The predicted molar refractivity (Wildman–Crippen MR) is 66.8 cm³/mol. The standard InChI is InChI=1S/C14H16N2O4.Na/c1-3-4-8-5-9-6-15(7(2)17)12-10(9)16(13(12)18)11(8)14(19)20;/h3-4,9-10,12H,5-6H2,1-2H3,(H,19,20);/q;+1/p-1/b4-3+;/t9?,10-,12?;/m1./s1. The van der Waals surface area contributed by atoms with Crippen LogP contribution >= 0.6 is 0 Å². The molecular formula is C14H15N2NaO4. The third-order valence-corrected chi connectivity index (χ3v) is 4.35. The van der Waals surface area contributed by atoms with Crippen LogP contribution in [0.3, 0.4) is 0 Å². The summed E-state index contributed by atoms with van der Waals surface area (Å²) in [5.41, 5.74) is 0.571. The summed E-state index contributed by atoms with van der Waals surface area (Å²) in [7, 11) is 0. The minimum absolute atomic E-state index is 0. The topological polar surface area (TPSA) is 80.8 Å². The molecule has 0 aromatic carbocycles. The maximum absolute atomic E-state index is 12.2. The molecule has 2 unspecified atom stereocenters. The molecule has 106 valence electrons. The third-order valence-electron chi connectivity index (χ3n) is 4.35. The average molecular weight is 298 g/mol. The smallest absolute Gasteiger partial charge is 0.543 e. The summed E-state index contributed by atoms with van der Waals surface area (Å²) in [6, 6.07) is -0.688. The van der Waals surface area contributed by atoms with E-state index in [1.807, 2.05) is 0 Å². The maximum Gasteiger partial charge on any atom is 1.00 e. The van der Waals surface area contributed by atoms with E-state index >= 15 is 0 Å². The number of aliphatic carboxylic acids is 1. The molecule has 0 aliphatic carbocycles. The van der Waals surface area contributed by atoms with Crippen molar-refractivity contribution >= 4 is 17.8 Å². The molecule has 3 rings (SSSR count). The molecule has 6 nitrogen and oxygen atoms in total. The van der Waals surface area contributed by atoms with Crippen LogP contribution in [0.25, 0.3) is 0 Å².